The van der Waals surface area contributed by atoms with Gasteiger partial charge in [-0.2, -0.15) is 0 Å². The van der Waals surface area contributed by atoms with E-state index >= 15 is 0 Å². The van der Waals surface area contributed by atoms with Gasteiger partial charge in [-0.25, -0.2) is 0 Å². The lowest BCUT2D eigenvalue weighted by Crippen LogP contribution is -2.41. The van der Waals surface area contributed by atoms with Crippen molar-refractivity contribution in [2.24, 2.45) is 7.05 Å². The first kappa shape index (κ1) is 14.0. The molecule has 1 saturated heterocycles. The summed E-state index contributed by atoms with van der Waals surface area (Å²) >= 11 is 0. The van der Waals surface area contributed by atoms with Crippen LogP contribution >= 0.6 is 0 Å². The van der Waals surface area contributed by atoms with Gasteiger partial charge < -0.3 is 14.2 Å². The zero-order chi connectivity index (χ0) is 13.8. The van der Waals surface area contributed by atoms with Gasteiger partial charge in [0.1, 0.15) is 18.8 Å². The summed E-state index contributed by atoms with van der Waals surface area (Å²) in [6, 6.07) is 0. The van der Waals surface area contributed by atoms with Gasteiger partial charge in [0.2, 0.25) is 5.91 Å². The van der Waals surface area contributed by atoms with Gasteiger partial charge in [-0.3, -0.25) is 4.79 Å². The SMILES string of the molecule is CC(C)OCC(=O)N1CCCC(c2nncn2C)C1. The van der Waals surface area contributed by atoms with Crippen molar-refractivity contribution in [3.05, 3.63) is 12.2 Å². The molecule has 1 aliphatic rings. The summed E-state index contributed by atoms with van der Waals surface area (Å²) in [6.45, 7) is 5.57. The van der Waals surface area contributed by atoms with E-state index in [0.29, 0.717) is 6.54 Å². The van der Waals surface area contributed by atoms with Crippen LogP contribution in [0.25, 0.3) is 0 Å². The predicted octanol–water partition coefficient (Wildman–Crippen LogP) is 0.946. The minimum absolute atomic E-state index is 0.0700. The van der Waals surface area contributed by atoms with Gasteiger partial charge in [-0.05, 0) is 26.7 Å². The van der Waals surface area contributed by atoms with Crippen molar-refractivity contribution in [2.45, 2.75) is 38.7 Å². The molecule has 2 heterocycles. The molecule has 0 radical (unpaired) electrons. The third-order valence-electron chi connectivity index (χ3n) is 3.43. The van der Waals surface area contributed by atoms with Crippen molar-refractivity contribution in [1.29, 1.82) is 0 Å². The second-order valence-electron chi connectivity index (χ2n) is 5.34. The molecule has 19 heavy (non-hydrogen) atoms. The molecule has 1 fully saturated rings. The van der Waals surface area contributed by atoms with Crippen molar-refractivity contribution in [1.82, 2.24) is 19.7 Å². The van der Waals surface area contributed by atoms with E-state index < -0.39 is 0 Å². The van der Waals surface area contributed by atoms with E-state index in [9.17, 15) is 4.79 Å². The van der Waals surface area contributed by atoms with E-state index in [1.165, 1.54) is 0 Å². The normalized spacial score (nSPS) is 20.0. The van der Waals surface area contributed by atoms with Crippen LogP contribution in [0, 0.1) is 0 Å². The van der Waals surface area contributed by atoms with Gasteiger partial charge >= 0.3 is 0 Å². The molecule has 1 amide bonds. The first-order valence-electron chi connectivity index (χ1n) is 6.81. The maximum absolute atomic E-state index is 12.1. The van der Waals surface area contributed by atoms with Crippen LogP contribution in [0.4, 0.5) is 0 Å². The molecular formula is C13H22N4O2. The number of carbonyl (C=O) groups is 1. The topological polar surface area (TPSA) is 60.2 Å². The quantitative estimate of drug-likeness (QED) is 0.814. The van der Waals surface area contributed by atoms with E-state index in [1.807, 2.05) is 30.4 Å². The Hall–Kier alpha value is -1.43. The third kappa shape index (κ3) is 3.53. The van der Waals surface area contributed by atoms with Crippen LogP contribution in [0.15, 0.2) is 6.33 Å². The maximum atomic E-state index is 12.1. The Morgan fingerprint density at radius 1 is 1.58 bits per heavy atom. The number of likely N-dealkylation sites (tertiary alicyclic amines) is 1. The Bertz CT molecular complexity index is 430. The Morgan fingerprint density at radius 2 is 2.37 bits per heavy atom. The number of hydrogen-bond acceptors (Lipinski definition) is 4. The molecule has 2 rings (SSSR count). The number of nitrogens with zero attached hydrogens (tertiary/aromatic N) is 4. The Morgan fingerprint density at radius 3 is 3.00 bits per heavy atom. The standard InChI is InChI=1S/C13H22N4O2/c1-10(2)19-8-12(18)17-6-4-5-11(7-17)13-15-14-9-16(13)3/h9-11H,4-8H2,1-3H3. The van der Waals surface area contributed by atoms with E-state index in [2.05, 4.69) is 10.2 Å². The first-order chi connectivity index (χ1) is 9.08. The molecule has 0 aromatic carbocycles. The molecule has 1 aromatic heterocycles. The molecular weight excluding hydrogens is 244 g/mol. The van der Waals surface area contributed by atoms with Gasteiger partial charge in [0.05, 0.1) is 6.10 Å². The summed E-state index contributed by atoms with van der Waals surface area (Å²) in [5.41, 5.74) is 0. The fourth-order valence-electron chi connectivity index (χ4n) is 2.41. The molecule has 1 aliphatic heterocycles. The first-order valence-corrected chi connectivity index (χ1v) is 6.81. The van der Waals surface area contributed by atoms with E-state index in [1.54, 1.807) is 6.33 Å². The number of amides is 1. The van der Waals surface area contributed by atoms with Gasteiger partial charge in [-0.15, -0.1) is 10.2 Å². The molecule has 0 bridgehead atoms. The van der Waals surface area contributed by atoms with E-state index in [-0.39, 0.29) is 24.5 Å². The lowest BCUT2D eigenvalue weighted by molar-refractivity contribution is -0.138. The fraction of sp³-hybridized carbons (Fsp3) is 0.769. The average molecular weight is 266 g/mol. The molecule has 106 valence electrons. The summed E-state index contributed by atoms with van der Waals surface area (Å²) in [6.07, 6.45) is 3.85. The summed E-state index contributed by atoms with van der Waals surface area (Å²) in [5.74, 6) is 1.31. The van der Waals surface area contributed by atoms with Gasteiger partial charge in [0.25, 0.3) is 0 Å². The van der Waals surface area contributed by atoms with Crippen LogP contribution in [-0.2, 0) is 16.6 Å². The van der Waals surface area contributed by atoms with Crippen LogP contribution in [-0.4, -0.2) is 51.4 Å². The number of aromatic nitrogens is 3. The molecule has 0 saturated carbocycles. The highest BCUT2D eigenvalue weighted by atomic mass is 16.5. The minimum Gasteiger partial charge on any atom is -0.369 e. The summed E-state index contributed by atoms with van der Waals surface area (Å²) in [5, 5.41) is 8.06. The summed E-state index contributed by atoms with van der Waals surface area (Å²) < 4.78 is 7.32. The van der Waals surface area contributed by atoms with Crippen LogP contribution in [0.3, 0.4) is 0 Å². The molecule has 0 aliphatic carbocycles. The van der Waals surface area contributed by atoms with E-state index in [4.69, 9.17) is 4.74 Å². The van der Waals surface area contributed by atoms with Crippen molar-refractivity contribution < 1.29 is 9.53 Å². The smallest absolute Gasteiger partial charge is 0.248 e. The third-order valence-corrected chi connectivity index (χ3v) is 3.43. The molecule has 1 unspecified atom stereocenters. The Kier molecular flexibility index (Phi) is 4.52. The number of piperidine rings is 1. The number of carbonyl (C=O) groups excluding carboxylic acids is 1. The highest BCUT2D eigenvalue weighted by Crippen LogP contribution is 2.24. The van der Waals surface area contributed by atoms with Crippen molar-refractivity contribution >= 4 is 5.91 Å². The van der Waals surface area contributed by atoms with Gasteiger partial charge in [-0.1, -0.05) is 0 Å². The average Bonchev–Trinajstić information content (AvgIpc) is 2.82. The number of aryl methyl sites for hydroxylation is 1. The van der Waals surface area contributed by atoms with Gasteiger partial charge in [0, 0.05) is 26.1 Å². The van der Waals surface area contributed by atoms with Gasteiger partial charge in [0.15, 0.2) is 0 Å². The molecule has 1 atom stereocenters. The molecule has 1 aromatic rings. The van der Waals surface area contributed by atoms with Crippen molar-refractivity contribution in [3.8, 4) is 0 Å². The highest BCUT2D eigenvalue weighted by molar-refractivity contribution is 5.77. The summed E-state index contributed by atoms with van der Waals surface area (Å²) in [4.78, 5) is 13.9. The molecule has 0 N–H and O–H groups in total. The van der Waals surface area contributed by atoms with Crippen molar-refractivity contribution in [2.75, 3.05) is 19.7 Å². The summed E-state index contributed by atoms with van der Waals surface area (Å²) in [7, 11) is 1.94. The molecule has 6 nitrogen and oxygen atoms in total. The minimum atomic E-state index is 0.0700. The molecule has 0 spiro atoms. The van der Waals surface area contributed by atoms with Crippen LogP contribution in [0.1, 0.15) is 38.4 Å². The number of rotatable bonds is 4. The second kappa shape index (κ2) is 6.14. The molecule has 6 heteroatoms. The zero-order valence-corrected chi connectivity index (χ0v) is 11.9. The number of ether oxygens (including phenoxy) is 1. The van der Waals surface area contributed by atoms with Crippen LogP contribution in [0.5, 0.6) is 0 Å². The van der Waals surface area contributed by atoms with E-state index in [0.717, 1.165) is 25.2 Å². The largest absolute Gasteiger partial charge is 0.369 e. The Balaban J connectivity index is 1.94. The highest BCUT2D eigenvalue weighted by Gasteiger charge is 2.27. The maximum Gasteiger partial charge on any atom is 0.248 e. The second-order valence-corrected chi connectivity index (χ2v) is 5.34. The predicted molar refractivity (Wildman–Crippen MR) is 70.6 cm³/mol. The Labute approximate surface area is 113 Å². The van der Waals surface area contributed by atoms with Crippen molar-refractivity contribution in [3.63, 3.8) is 0 Å². The van der Waals surface area contributed by atoms with Crippen LogP contribution < -0.4 is 0 Å². The zero-order valence-electron chi connectivity index (χ0n) is 11.9. The van der Waals surface area contributed by atoms with Crippen LogP contribution in [0.2, 0.25) is 0 Å². The monoisotopic (exact) mass is 266 g/mol. The number of hydrogen-bond donors (Lipinski definition) is 0. The fourth-order valence-corrected chi connectivity index (χ4v) is 2.41. The lowest BCUT2D eigenvalue weighted by atomic mass is 9.97. The lowest BCUT2D eigenvalue weighted by Gasteiger charge is -2.32.